The van der Waals surface area contributed by atoms with Crippen molar-refractivity contribution in [3.8, 4) is 0 Å². The standard InChI is InChI=1S/C13H23NO2/c1-14-11-2-3-12(14)9-13(15,8-11)10-4-6-16-7-5-10/h10-12,15H,2-9H2,1H3. The Morgan fingerprint density at radius 3 is 2.19 bits per heavy atom. The minimum Gasteiger partial charge on any atom is -0.389 e. The Morgan fingerprint density at radius 1 is 1.06 bits per heavy atom. The maximum Gasteiger partial charge on any atom is 0.0707 e. The van der Waals surface area contributed by atoms with Gasteiger partial charge in [-0.05, 0) is 51.5 Å². The van der Waals surface area contributed by atoms with E-state index in [4.69, 9.17) is 4.74 Å². The second-order valence-electron chi connectivity index (χ2n) is 5.95. The van der Waals surface area contributed by atoms with E-state index in [-0.39, 0.29) is 5.60 Å². The lowest BCUT2D eigenvalue weighted by molar-refractivity contribution is -0.112. The van der Waals surface area contributed by atoms with Crippen molar-refractivity contribution in [2.24, 2.45) is 5.92 Å². The lowest BCUT2D eigenvalue weighted by Crippen LogP contribution is -2.53. The van der Waals surface area contributed by atoms with Gasteiger partial charge in [-0.2, -0.15) is 0 Å². The van der Waals surface area contributed by atoms with Gasteiger partial charge < -0.3 is 14.7 Å². The molecule has 3 heteroatoms. The first-order chi connectivity index (χ1) is 7.69. The lowest BCUT2D eigenvalue weighted by atomic mass is 9.73. The summed E-state index contributed by atoms with van der Waals surface area (Å²) in [5, 5.41) is 10.9. The Kier molecular flexibility index (Phi) is 2.73. The smallest absolute Gasteiger partial charge is 0.0707 e. The van der Waals surface area contributed by atoms with Crippen LogP contribution >= 0.6 is 0 Å². The predicted octanol–water partition coefficient (Wildman–Crippen LogP) is 1.40. The Morgan fingerprint density at radius 2 is 1.62 bits per heavy atom. The van der Waals surface area contributed by atoms with Crippen molar-refractivity contribution in [3.63, 3.8) is 0 Å². The largest absolute Gasteiger partial charge is 0.389 e. The van der Waals surface area contributed by atoms with Crippen LogP contribution in [0.1, 0.15) is 38.5 Å². The van der Waals surface area contributed by atoms with Crippen molar-refractivity contribution in [1.82, 2.24) is 4.90 Å². The molecule has 0 aliphatic carbocycles. The van der Waals surface area contributed by atoms with Crippen LogP contribution in [0.5, 0.6) is 0 Å². The van der Waals surface area contributed by atoms with Crippen LogP contribution in [-0.2, 0) is 4.74 Å². The lowest BCUT2D eigenvalue weighted by Gasteiger charge is -2.47. The van der Waals surface area contributed by atoms with Gasteiger partial charge in [-0.25, -0.2) is 0 Å². The van der Waals surface area contributed by atoms with Gasteiger partial charge in [0.15, 0.2) is 0 Å². The molecular formula is C13H23NO2. The normalized spacial score (nSPS) is 46.1. The maximum absolute atomic E-state index is 10.9. The number of rotatable bonds is 1. The second-order valence-corrected chi connectivity index (χ2v) is 5.95. The van der Waals surface area contributed by atoms with Gasteiger partial charge in [0.2, 0.25) is 0 Å². The van der Waals surface area contributed by atoms with E-state index in [0.29, 0.717) is 18.0 Å². The van der Waals surface area contributed by atoms with E-state index in [1.54, 1.807) is 0 Å². The molecule has 3 heterocycles. The molecule has 3 rings (SSSR count). The number of fused-ring (bicyclic) bond motifs is 2. The Hall–Kier alpha value is -0.120. The van der Waals surface area contributed by atoms with Crippen LogP contribution in [0.3, 0.4) is 0 Å². The molecule has 3 fully saturated rings. The molecule has 0 aromatic heterocycles. The number of hydrogen-bond donors (Lipinski definition) is 1. The number of piperidine rings is 1. The molecular weight excluding hydrogens is 202 g/mol. The summed E-state index contributed by atoms with van der Waals surface area (Å²) >= 11 is 0. The zero-order chi connectivity index (χ0) is 11.2. The van der Waals surface area contributed by atoms with Crippen molar-refractivity contribution in [1.29, 1.82) is 0 Å². The zero-order valence-corrected chi connectivity index (χ0v) is 10.2. The molecule has 3 nitrogen and oxygen atoms in total. The summed E-state index contributed by atoms with van der Waals surface area (Å²) in [5.74, 6) is 0.484. The molecule has 2 bridgehead atoms. The van der Waals surface area contributed by atoms with E-state index in [1.165, 1.54) is 12.8 Å². The Labute approximate surface area is 97.8 Å². The van der Waals surface area contributed by atoms with Crippen LogP contribution in [0, 0.1) is 5.92 Å². The first-order valence-electron chi connectivity index (χ1n) is 6.71. The van der Waals surface area contributed by atoms with E-state index >= 15 is 0 Å². The highest BCUT2D eigenvalue weighted by atomic mass is 16.5. The van der Waals surface area contributed by atoms with Gasteiger partial charge in [0.05, 0.1) is 5.60 Å². The Balaban J connectivity index is 1.74. The van der Waals surface area contributed by atoms with Crippen LogP contribution < -0.4 is 0 Å². The second kappa shape index (κ2) is 3.97. The molecule has 0 spiro atoms. The fraction of sp³-hybridized carbons (Fsp3) is 1.00. The van der Waals surface area contributed by atoms with Gasteiger partial charge in [-0.1, -0.05) is 0 Å². The van der Waals surface area contributed by atoms with Crippen LogP contribution in [0.4, 0.5) is 0 Å². The topological polar surface area (TPSA) is 32.7 Å². The first-order valence-corrected chi connectivity index (χ1v) is 6.71. The molecule has 0 amide bonds. The number of ether oxygens (including phenoxy) is 1. The molecule has 3 saturated heterocycles. The predicted molar refractivity (Wildman–Crippen MR) is 62.3 cm³/mol. The quantitative estimate of drug-likeness (QED) is 0.732. The summed E-state index contributed by atoms with van der Waals surface area (Å²) < 4.78 is 5.40. The molecule has 2 unspecified atom stereocenters. The van der Waals surface area contributed by atoms with Gasteiger partial charge in [0.25, 0.3) is 0 Å². The summed E-state index contributed by atoms with van der Waals surface area (Å²) in [6.45, 7) is 1.69. The molecule has 16 heavy (non-hydrogen) atoms. The molecule has 0 saturated carbocycles. The minimum absolute atomic E-state index is 0.387. The first kappa shape index (κ1) is 11.0. The summed E-state index contributed by atoms with van der Waals surface area (Å²) in [6, 6.07) is 1.26. The molecule has 0 radical (unpaired) electrons. The summed E-state index contributed by atoms with van der Waals surface area (Å²) in [7, 11) is 2.23. The average molecular weight is 225 g/mol. The highest BCUT2D eigenvalue weighted by Gasteiger charge is 2.49. The summed E-state index contributed by atoms with van der Waals surface area (Å²) in [5.41, 5.74) is -0.387. The number of nitrogens with zero attached hydrogens (tertiary/aromatic N) is 1. The molecule has 0 aromatic carbocycles. The van der Waals surface area contributed by atoms with Crippen molar-refractivity contribution >= 4 is 0 Å². The van der Waals surface area contributed by atoms with E-state index in [1.807, 2.05) is 0 Å². The van der Waals surface area contributed by atoms with Gasteiger partial charge in [-0.15, -0.1) is 0 Å². The molecule has 3 aliphatic rings. The van der Waals surface area contributed by atoms with Crippen molar-refractivity contribution in [3.05, 3.63) is 0 Å². The SMILES string of the molecule is CN1C2CCC1CC(O)(C1CCOCC1)C2. The fourth-order valence-corrected chi connectivity index (χ4v) is 4.05. The molecule has 2 atom stereocenters. The fourth-order valence-electron chi connectivity index (χ4n) is 4.05. The third-order valence-corrected chi connectivity index (χ3v) is 5.14. The maximum atomic E-state index is 10.9. The number of hydrogen-bond acceptors (Lipinski definition) is 3. The minimum atomic E-state index is -0.387. The molecule has 92 valence electrons. The van der Waals surface area contributed by atoms with Gasteiger partial charge in [0, 0.05) is 25.3 Å². The molecule has 0 aromatic rings. The van der Waals surface area contributed by atoms with E-state index < -0.39 is 0 Å². The zero-order valence-electron chi connectivity index (χ0n) is 10.2. The Bertz CT molecular complexity index is 249. The van der Waals surface area contributed by atoms with Crippen molar-refractivity contribution < 1.29 is 9.84 Å². The average Bonchev–Trinajstić information content (AvgIpc) is 2.54. The summed E-state index contributed by atoms with van der Waals surface area (Å²) in [6.07, 6.45) is 6.66. The van der Waals surface area contributed by atoms with E-state index in [9.17, 15) is 5.11 Å². The monoisotopic (exact) mass is 225 g/mol. The van der Waals surface area contributed by atoms with Crippen LogP contribution in [0.15, 0.2) is 0 Å². The van der Waals surface area contributed by atoms with E-state index in [0.717, 1.165) is 38.9 Å². The van der Waals surface area contributed by atoms with Gasteiger partial charge in [-0.3, -0.25) is 0 Å². The number of aliphatic hydroxyl groups is 1. The summed E-state index contributed by atoms with van der Waals surface area (Å²) in [4.78, 5) is 2.49. The molecule has 3 aliphatic heterocycles. The third kappa shape index (κ3) is 1.69. The van der Waals surface area contributed by atoms with Gasteiger partial charge in [0.1, 0.15) is 0 Å². The highest BCUT2D eigenvalue weighted by Crippen LogP contribution is 2.45. The highest BCUT2D eigenvalue weighted by molar-refractivity contribution is 5.03. The van der Waals surface area contributed by atoms with Crippen molar-refractivity contribution in [2.75, 3.05) is 20.3 Å². The van der Waals surface area contributed by atoms with Crippen LogP contribution in [-0.4, -0.2) is 48.0 Å². The molecule has 1 N–H and O–H groups in total. The van der Waals surface area contributed by atoms with E-state index in [2.05, 4.69) is 11.9 Å². The van der Waals surface area contributed by atoms with Crippen LogP contribution in [0.25, 0.3) is 0 Å². The van der Waals surface area contributed by atoms with Gasteiger partial charge >= 0.3 is 0 Å². The van der Waals surface area contributed by atoms with Crippen molar-refractivity contribution in [2.45, 2.75) is 56.2 Å². The van der Waals surface area contributed by atoms with Crippen LogP contribution in [0.2, 0.25) is 0 Å². The third-order valence-electron chi connectivity index (χ3n) is 5.14.